The average molecular weight is 296 g/mol. The maximum absolute atomic E-state index is 11.9. The van der Waals surface area contributed by atoms with Gasteiger partial charge in [-0.2, -0.15) is 0 Å². The van der Waals surface area contributed by atoms with E-state index in [1.165, 1.54) is 27.7 Å². The summed E-state index contributed by atoms with van der Waals surface area (Å²) in [4.78, 5) is 17.1. The minimum Gasteiger partial charge on any atom is -0.302 e. The number of thiazole rings is 1. The van der Waals surface area contributed by atoms with Gasteiger partial charge in [0.15, 0.2) is 5.13 Å². The number of anilines is 1. The number of amides is 1. The van der Waals surface area contributed by atoms with Crippen LogP contribution in [0.3, 0.4) is 0 Å². The summed E-state index contributed by atoms with van der Waals surface area (Å²) in [5.41, 5.74) is 1.18. The fourth-order valence-corrected chi connectivity index (χ4v) is 2.93. The molecule has 0 saturated carbocycles. The number of benzene rings is 2. The molecule has 0 radical (unpaired) electrons. The third-order valence-electron chi connectivity index (χ3n) is 3.32. The van der Waals surface area contributed by atoms with E-state index in [-0.39, 0.29) is 5.91 Å². The number of fused-ring (bicyclic) bond motifs is 1. The molecule has 3 rings (SSSR count). The molecule has 3 nitrogen and oxygen atoms in total. The third kappa shape index (κ3) is 3.47. The third-order valence-corrected chi connectivity index (χ3v) is 4.15. The highest BCUT2D eigenvalue weighted by atomic mass is 32.1. The number of carbonyl (C=O) groups excluding carboxylic acids is 1. The van der Waals surface area contributed by atoms with Crippen LogP contribution < -0.4 is 5.32 Å². The number of hydrogen-bond donors (Lipinski definition) is 1. The first-order chi connectivity index (χ1) is 10.2. The van der Waals surface area contributed by atoms with Crippen LogP contribution in [0, 0.1) is 6.92 Å². The highest BCUT2D eigenvalue weighted by molar-refractivity contribution is 7.15. The molecular weight excluding hydrogens is 280 g/mol. The Morgan fingerprint density at radius 3 is 2.76 bits per heavy atom. The second kappa shape index (κ2) is 6.06. The number of hydrogen-bond acceptors (Lipinski definition) is 3. The summed E-state index contributed by atoms with van der Waals surface area (Å²) >= 11 is 1.50. The molecule has 106 valence electrons. The molecule has 1 heterocycles. The first-order valence-electron chi connectivity index (χ1n) is 6.91. The molecule has 2 aromatic carbocycles. The zero-order chi connectivity index (χ0) is 14.7. The molecule has 0 bridgehead atoms. The Balaban J connectivity index is 1.61. The van der Waals surface area contributed by atoms with Crippen LogP contribution in [0.4, 0.5) is 5.13 Å². The van der Waals surface area contributed by atoms with Gasteiger partial charge in [-0.25, -0.2) is 4.98 Å². The molecule has 3 aromatic rings. The van der Waals surface area contributed by atoms with Gasteiger partial charge in [0.1, 0.15) is 0 Å². The lowest BCUT2D eigenvalue weighted by Crippen LogP contribution is -2.11. The van der Waals surface area contributed by atoms with Crippen molar-refractivity contribution in [3.8, 4) is 0 Å². The van der Waals surface area contributed by atoms with Gasteiger partial charge in [0.05, 0.1) is 0 Å². The average Bonchev–Trinajstić information content (AvgIpc) is 2.90. The molecule has 0 unspecified atom stereocenters. The highest BCUT2D eigenvalue weighted by Crippen LogP contribution is 2.18. The Morgan fingerprint density at radius 1 is 1.19 bits per heavy atom. The summed E-state index contributed by atoms with van der Waals surface area (Å²) in [7, 11) is 0. The van der Waals surface area contributed by atoms with Crippen LogP contribution in [0.2, 0.25) is 0 Å². The summed E-state index contributed by atoms with van der Waals surface area (Å²) in [6, 6.07) is 14.6. The zero-order valence-electron chi connectivity index (χ0n) is 11.8. The van der Waals surface area contributed by atoms with Crippen molar-refractivity contribution in [1.29, 1.82) is 0 Å². The van der Waals surface area contributed by atoms with Gasteiger partial charge in [0.2, 0.25) is 5.91 Å². The van der Waals surface area contributed by atoms with E-state index in [0.717, 1.165) is 11.3 Å². The van der Waals surface area contributed by atoms with Crippen molar-refractivity contribution in [3.63, 3.8) is 0 Å². The normalized spacial score (nSPS) is 10.7. The topological polar surface area (TPSA) is 42.0 Å². The van der Waals surface area contributed by atoms with Crippen molar-refractivity contribution >= 4 is 33.1 Å². The van der Waals surface area contributed by atoms with Crippen LogP contribution in [-0.2, 0) is 11.2 Å². The minimum absolute atomic E-state index is 0.0116. The molecule has 1 amide bonds. The molecule has 0 aliphatic carbocycles. The van der Waals surface area contributed by atoms with Crippen molar-refractivity contribution in [1.82, 2.24) is 4.98 Å². The van der Waals surface area contributed by atoms with Crippen LogP contribution in [0.5, 0.6) is 0 Å². The van der Waals surface area contributed by atoms with Crippen LogP contribution >= 0.6 is 11.3 Å². The first-order valence-corrected chi connectivity index (χ1v) is 7.72. The van der Waals surface area contributed by atoms with Crippen molar-refractivity contribution in [2.45, 2.75) is 19.8 Å². The Kier molecular flexibility index (Phi) is 3.97. The zero-order valence-corrected chi connectivity index (χ0v) is 12.6. The predicted molar refractivity (Wildman–Crippen MR) is 87.7 cm³/mol. The van der Waals surface area contributed by atoms with Gasteiger partial charge in [-0.1, -0.05) is 42.5 Å². The van der Waals surface area contributed by atoms with Crippen molar-refractivity contribution in [2.24, 2.45) is 0 Å². The maximum Gasteiger partial charge on any atom is 0.226 e. The number of nitrogens with zero attached hydrogens (tertiary/aromatic N) is 1. The monoisotopic (exact) mass is 296 g/mol. The number of aryl methyl sites for hydroxylation is 2. The summed E-state index contributed by atoms with van der Waals surface area (Å²) in [5.74, 6) is 0.0116. The maximum atomic E-state index is 11.9. The Morgan fingerprint density at radius 2 is 2.00 bits per heavy atom. The second-order valence-electron chi connectivity index (χ2n) is 5.01. The van der Waals surface area contributed by atoms with Crippen LogP contribution in [-0.4, -0.2) is 10.9 Å². The highest BCUT2D eigenvalue weighted by Gasteiger charge is 2.06. The van der Waals surface area contributed by atoms with E-state index in [1.54, 1.807) is 6.20 Å². The molecule has 0 saturated heterocycles. The van der Waals surface area contributed by atoms with E-state index in [4.69, 9.17) is 0 Å². The number of rotatable bonds is 4. The first kappa shape index (κ1) is 13.8. The SMILES string of the molecule is Cc1cnc(NC(=O)CCc2ccc3ccccc3c2)s1. The van der Waals surface area contributed by atoms with Crippen LogP contribution in [0.25, 0.3) is 10.8 Å². The molecule has 0 atom stereocenters. The fraction of sp³-hybridized carbons (Fsp3) is 0.176. The van der Waals surface area contributed by atoms with Gasteiger partial charge < -0.3 is 5.32 Å². The standard InChI is InChI=1S/C17H16N2OS/c1-12-11-18-17(21-12)19-16(20)9-7-13-6-8-14-4-2-3-5-15(14)10-13/h2-6,8,10-11H,7,9H2,1H3,(H,18,19,20). The van der Waals surface area contributed by atoms with E-state index in [9.17, 15) is 4.79 Å². The van der Waals surface area contributed by atoms with Gasteiger partial charge in [-0.3, -0.25) is 4.79 Å². The van der Waals surface area contributed by atoms with Crippen molar-refractivity contribution in [3.05, 3.63) is 59.1 Å². The Labute approximate surface area is 127 Å². The largest absolute Gasteiger partial charge is 0.302 e. The van der Waals surface area contributed by atoms with Gasteiger partial charge >= 0.3 is 0 Å². The number of nitrogens with one attached hydrogen (secondary N) is 1. The molecular formula is C17H16N2OS. The molecule has 0 spiro atoms. The quantitative estimate of drug-likeness (QED) is 0.785. The summed E-state index contributed by atoms with van der Waals surface area (Å²) in [6.45, 7) is 1.97. The number of carbonyl (C=O) groups is 1. The molecule has 0 fully saturated rings. The molecule has 1 aromatic heterocycles. The minimum atomic E-state index is 0.0116. The van der Waals surface area contributed by atoms with Gasteiger partial charge in [0, 0.05) is 17.5 Å². The van der Waals surface area contributed by atoms with E-state index in [1.807, 2.05) is 19.1 Å². The predicted octanol–water partition coefficient (Wildman–Crippen LogP) is 4.18. The van der Waals surface area contributed by atoms with E-state index in [0.29, 0.717) is 11.6 Å². The van der Waals surface area contributed by atoms with Gasteiger partial charge in [-0.15, -0.1) is 11.3 Å². The Hall–Kier alpha value is -2.20. The van der Waals surface area contributed by atoms with Gasteiger partial charge in [-0.05, 0) is 29.7 Å². The number of aromatic nitrogens is 1. The molecule has 4 heteroatoms. The molecule has 0 aliphatic heterocycles. The molecule has 21 heavy (non-hydrogen) atoms. The second-order valence-corrected chi connectivity index (χ2v) is 6.24. The van der Waals surface area contributed by atoms with Crippen LogP contribution in [0.15, 0.2) is 48.7 Å². The lowest BCUT2D eigenvalue weighted by molar-refractivity contribution is -0.116. The lowest BCUT2D eigenvalue weighted by Gasteiger charge is -2.04. The fourth-order valence-electron chi connectivity index (χ4n) is 2.25. The Bertz CT molecular complexity index is 779. The van der Waals surface area contributed by atoms with Crippen molar-refractivity contribution < 1.29 is 4.79 Å². The van der Waals surface area contributed by atoms with E-state index < -0.39 is 0 Å². The molecule has 0 aliphatic rings. The van der Waals surface area contributed by atoms with E-state index in [2.05, 4.69) is 40.6 Å². The summed E-state index contributed by atoms with van der Waals surface area (Å²) in [6.07, 6.45) is 2.97. The van der Waals surface area contributed by atoms with Gasteiger partial charge in [0.25, 0.3) is 0 Å². The van der Waals surface area contributed by atoms with Crippen LogP contribution in [0.1, 0.15) is 16.9 Å². The lowest BCUT2D eigenvalue weighted by atomic mass is 10.0. The summed E-state index contributed by atoms with van der Waals surface area (Å²) in [5, 5.41) is 5.96. The summed E-state index contributed by atoms with van der Waals surface area (Å²) < 4.78 is 0. The van der Waals surface area contributed by atoms with E-state index >= 15 is 0 Å². The molecule has 1 N–H and O–H groups in total. The van der Waals surface area contributed by atoms with Crippen molar-refractivity contribution in [2.75, 3.05) is 5.32 Å². The smallest absolute Gasteiger partial charge is 0.226 e.